The van der Waals surface area contributed by atoms with E-state index in [2.05, 4.69) is 51.4 Å². The van der Waals surface area contributed by atoms with Crippen LogP contribution in [0.15, 0.2) is 23.3 Å². The van der Waals surface area contributed by atoms with Crippen LogP contribution in [-0.2, 0) is 23.2 Å². The number of ketones is 1. The lowest BCUT2D eigenvalue weighted by molar-refractivity contribution is -0.140. The molecule has 1 aliphatic rings. The van der Waals surface area contributed by atoms with E-state index in [9.17, 15) is 9.59 Å². The molecule has 0 aliphatic heterocycles. The van der Waals surface area contributed by atoms with Gasteiger partial charge in [0.25, 0.3) is 0 Å². The molecule has 30 heavy (non-hydrogen) atoms. The monoisotopic (exact) mass is 454 g/mol. The molecule has 5 nitrogen and oxygen atoms in total. The predicted octanol–water partition coefficient (Wildman–Crippen LogP) is 5.79. The van der Waals surface area contributed by atoms with E-state index >= 15 is 0 Å². The topological polar surface area (TPSA) is 61.8 Å². The van der Waals surface area contributed by atoms with Crippen molar-refractivity contribution < 1.29 is 23.2 Å². The second-order valence-electron chi connectivity index (χ2n) is 9.94. The number of ether oxygens (including phenoxy) is 1. The van der Waals surface area contributed by atoms with Crippen molar-refractivity contribution >= 4 is 28.4 Å². The Morgan fingerprint density at radius 1 is 1.03 bits per heavy atom. The fourth-order valence-electron chi connectivity index (χ4n) is 3.42. The molecular formula is C23H42O5Si2. The van der Waals surface area contributed by atoms with E-state index in [-0.39, 0.29) is 24.3 Å². The quantitative estimate of drug-likeness (QED) is 0.189. The van der Waals surface area contributed by atoms with E-state index in [1.54, 1.807) is 0 Å². The van der Waals surface area contributed by atoms with E-state index in [1.165, 1.54) is 7.11 Å². The SMILES string of the molecule is COC(=O)CCC1=C(C=CC(CCCCCO[Si](C)(C)C)O[Si](C)(C)C)CCC1=O. The molecule has 0 saturated carbocycles. The Morgan fingerprint density at radius 2 is 1.73 bits per heavy atom. The Hall–Kier alpha value is -1.03. The van der Waals surface area contributed by atoms with Crippen molar-refractivity contribution in [1.82, 2.24) is 0 Å². The number of methoxy groups -OCH3 is 1. The Kier molecular flexibility index (Phi) is 11.5. The standard InChI is InChI=1S/C23H42O5Si2/c1-26-23(25)17-15-21-19(13-16-22(21)24)12-14-20(28-30(5,6)7)11-9-8-10-18-27-29(2,3)4/h12,14,20H,8-11,13,15-18H2,1-7H3. The van der Waals surface area contributed by atoms with Crippen molar-refractivity contribution in [2.75, 3.05) is 13.7 Å². The number of Topliss-reactive ketones (excluding diaryl/α,β-unsaturated/α-hetero) is 1. The van der Waals surface area contributed by atoms with Crippen LogP contribution in [-0.4, -0.2) is 48.2 Å². The summed E-state index contributed by atoms with van der Waals surface area (Å²) in [6.07, 6.45) is 10.6. The van der Waals surface area contributed by atoms with E-state index in [0.717, 1.165) is 49.9 Å². The van der Waals surface area contributed by atoms with E-state index in [0.29, 0.717) is 12.8 Å². The fourth-order valence-corrected chi connectivity index (χ4v) is 5.28. The van der Waals surface area contributed by atoms with Crippen LogP contribution in [0.2, 0.25) is 39.3 Å². The molecule has 0 radical (unpaired) electrons. The van der Waals surface area contributed by atoms with Crippen LogP contribution in [0.3, 0.4) is 0 Å². The average Bonchev–Trinajstić information content (AvgIpc) is 2.97. The third kappa shape index (κ3) is 12.0. The van der Waals surface area contributed by atoms with Gasteiger partial charge >= 0.3 is 5.97 Å². The second kappa shape index (κ2) is 12.7. The largest absolute Gasteiger partial charge is 0.469 e. The van der Waals surface area contributed by atoms with Crippen LogP contribution in [0.25, 0.3) is 0 Å². The first kappa shape index (κ1) is 27.0. The lowest BCUT2D eigenvalue weighted by Gasteiger charge is -2.24. The highest BCUT2D eigenvalue weighted by atomic mass is 28.4. The Morgan fingerprint density at radius 3 is 2.33 bits per heavy atom. The molecule has 1 aliphatic carbocycles. The minimum atomic E-state index is -1.68. The predicted molar refractivity (Wildman–Crippen MR) is 128 cm³/mol. The van der Waals surface area contributed by atoms with E-state index in [4.69, 9.17) is 13.6 Å². The maximum Gasteiger partial charge on any atom is 0.305 e. The molecule has 0 fully saturated rings. The summed E-state index contributed by atoms with van der Waals surface area (Å²) in [6, 6.07) is 0. The molecule has 0 aromatic rings. The summed E-state index contributed by atoms with van der Waals surface area (Å²) in [5.41, 5.74) is 1.84. The lowest BCUT2D eigenvalue weighted by atomic mass is 10.0. The molecule has 0 aromatic carbocycles. The molecule has 0 heterocycles. The van der Waals surface area contributed by atoms with Gasteiger partial charge in [-0.3, -0.25) is 9.59 Å². The maximum absolute atomic E-state index is 12.2. The number of hydrogen-bond acceptors (Lipinski definition) is 5. The summed E-state index contributed by atoms with van der Waals surface area (Å²) in [5.74, 6) is -0.118. The molecule has 0 saturated heterocycles. The molecule has 0 aromatic heterocycles. The minimum absolute atomic E-state index is 0.0691. The highest BCUT2D eigenvalue weighted by Gasteiger charge is 2.23. The van der Waals surface area contributed by atoms with Gasteiger partial charge in [0.15, 0.2) is 22.4 Å². The minimum Gasteiger partial charge on any atom is -0.469 e. The van der Waals surface area contributed by atoms with Crippen molar-refractivity contribution in [1.29, 1.82) is 0 Å². The number of allylic oxidation sites excluding steroid dienone is 3. The molecule has 172 valence electrons. The van der Waals surface area contributed by atoms with Gasteiger partial charge in [-0.1, -0.05) is 25.0 Å². The van der Waals surface area contributed by atoms with Gasteiger partial charge in [0, 0.05) is 19.4 Å². The molecular weight excluding hydrogens is 412 g/mol. The van der Waals surface area contributed by atoms with Crippen molar-refractivity contribution in [2.24, 2.45) is 0 Å². The molecule has 1 rings (SSSR count). The molecule has 1 atom stereocenters. The number of carbonyl (C=O) groups excluding carboxylic acids is 2. The molecule has 0 bridgehead atoms. The van der Waals surface area contributed by atoms with E-state index < -0.39 is 16.6 Å². The molecule has 0 amide bonds. The Balaban J connectivity index is 2.66. The average molecular weight is 455 g/mol. The van der Waals surface area contributed by atoms with Crippen LogP contribution in [0.1, 0.15) is 51.4 Å². The van der Waals surface area contributed by atoms with Gasteiger partial charge in [0.2, 0.25) is 0 Å². The summed E-state index contributed by atoms with van der Waals surface area (Å²) < 4.78 is 17.0. The summed E-state index contributed by atoms with van der Waals surface area (Å²) in [7, 11) is -1.72. The molecule has 0 N–H and O–H groups in total. The first-order valence-corrected chi connectivity index (χ1v) is 18.0. The summed E-state index contributed by atoms with van der Waals surface area (Å²) >= 11 is 0. The second-order valence-corrected chi connectivity index (χ2v) is 18.9. The number of rotatable bonds is 14. The third-order valence-corrected chi connectivity index (χ3v) is 6.92. The number of esters is 1. The zero-order chi connectivity index (χ0) is 22.8. The van der Waals surface area contributed by atoms with Crippen LogP contribution < -0.4 is 0 Å². The van der Waals surface area contributed by atoms with Crippen molar-refractivity contribution in [3.05, 3.63) is 23.3 Å². The Labute approximate surface area is 185 Å². The number of unbranched alkanes of at least 4 members (excludes halogenated alkanes) is 2. The van der Waals surface area contributed by atoms with Gasteiger partial charge in [-0.15, -0.1) is 0 Å². The van der Waals surface area contributed by atoms with E-state index in [1.807, 2.05) is 0 Å². The molecule has 1 unspecified atom stereocenters. The van der Waals surface area contributed by atoms with Gasteiger partial charge in [-0.2, -0.15) is 0 Å². The smallest absolute Gasteiger partial charge is 0.305 e. The lowest BCUT2D eigenvalue weighted by Crippen LogP contribution is -2.31. The van der Waals surface area contributed by atoms with Crippen LogP contribution in [0.4, 0.5) is 0 Å². The number of hydrogen-bond donors (Lipinski definition) is 0. The van der Waals surface area contributed by atoms with Gasteiger partial charge < -0.3 is 13.6 Å². The zero-order valence-corrected chi connectivity index (χ0v) is 22.1. The third-order valence-electron chi connectivity index (χ3n) is 4.84. The highest BCUT2D eigenvalue weighted by molar-refractivity contribution is 6.70. The Bertz CT molecular complexity index is 626. The van der Waals surface area contributed by atoms with Crippen LogP contribution in [0, 0.1) is 0 Å². The van der Waals surface area contributed by atoms with Gasteiger partial charge in [0.05, 0.1) is 13.2 Å². The fraction of sp³-hybridized carbons (Fsp3) is 0.739. The van der Waals surface area contributed by atoms with Gasteiger partial charge in [0.1, 0.15) is 0 Å². The first-order chi connectivity index (χ1) is 13.9. The summed E-state index contributed by atoms with van der Waals surface area (Å²) in [5, 5.41) is 0. The van der Waals surface area contributed by atoms with Gasteiger partial charge in [-0.25, -0.2) is 0 Å². The highest BCUT2D eigenvalue weighted by Crippen LogP contribution is 2.28. The normalized spacial score (nSPS) is 16.6. The summed E-state index contributed by atoms with van der Waals surface area (Å²) in [6.45, 7) is 14.1. The van der Waals surface area contributed by atoms with Crippen molar-refractivity contribution in [2.45, 2.75) is 96.8 Å². The summed E-state index contributed by atoms with van der Waals surface area (Å²) in [4.78, 5) is 23.7. The maximum atomic E-state index is 12.2. The first-order valence-electron chi connectivity index (χ1n) is 11.2. The van der Waals surface area contributed by atoms with Crippen molar-refractivity contribution in [3.63, 3.8) is 0 Å². The molecule has 0 spiro atoms. The van der Waals surface area contributed by atoms with Crippen LogP contribution in [0.5, 0.6) is 0 Å². The zero-order valence-electron chi connectivity index (χ0n) is 20.1. The van der Waals surface area contributed by atoms with Crippen LogP contribution >= 0.6 is 0 Å². The van der Waals surface area contributed by atoms with Gasteiger partial charge in [-0.05, 0) is 76.1 Å². The number of carbonyl (C=O) groups is 2. The molecule has 7 heteroatoms. The van der Waals surface area contributed by atoms with Crippen molar-refractivity contribution in [3.8, 4) is 0 Å².